The zero-order valence-corrected chi connectivity index (χ0v) is 7.83. The Morgan fingerprint density at radius 2 is 2.21 bits per heavy atom. The van der Waals surface area contributed by atoms with Gasteiger partial charge < -0.3 is 5.11 Å². The molecule has 4 heteroatoms. The van der Waals surface area contributed by atoms with Crippen molar-refractivity contribution in [2.75, 3.05) is 0 Å². The lowest BCUT2D eigenvalue weighted by Crippen LogP contribution is -2.06. The highest BCUT2D eigenvalue weighted by Crippen LogP contribution is 2.14. The number of aromatic nitrogens is 3. The van der Waals surface area contributed by atoms with Crippen molar-refractivity contribution in [2.24, 2.45) is 0 Å². The number of aliphatic hydroxyl groups is 1. The van der Waals surface area contributed by atoms with Crippen molar-refractivity contribution in [1.82, 2.24) is 15.0 Å². The Hall–Kier alpha value is -1.68. The summed E-state index contributed by atoms with van der Waals surface area (Å²) in [6.07, 6.45) is 2.69. The monoisotopic (exact) mass is 189 g/mol. The van der Waals surface area contributed by atoms with E-state index in [2.05, 4.69) is 10.3 Å². The average Bonchev–Trinajstić information content (AvgIpc) is 2.61. The Balaban J connectivity index is 2.52. The number of nitrogens with zero attached hydrogens (tertiary/aromatic N) is 3. The van der Waals surface area contributed by atoms with Gasteiger partial charge in [0.25, 0.3) is 0 Å². The van der Waals surface area contributed by atoms with Crippen LogP contribution in [0.2, 0.25) is 0 Å². The second-order valence-electron chi connectivity index (χ2n) is 2.96. The lowest BCUT2D eigenvalue weighted by Gasteiger charge is -2.05. The van der Waals surface area contributed by atoms with Gasteiger partial charge in [-0.1, -0.05) is 23.4 Å². The first-order valence-electron chi connectivity index (χ1n) is 4.43. The van der Waals surface area contributed by atoms with E-state index in [1.165, 1.54) is 4.68 Å². The molecule has 4 nitrogen and oxygen atoms in total. The molecule has 1 atom stereocenters. The van der Waals surface area contributed by atoms with E-state index in [9.17, 15) is 5.11 Å². The molecule has 0 saturated heterocycles. The number of hydrogen-bond donors (Lipinski definition) is 1. The fourth-order valence-electron chi connectivity index (χ4n) is 1.34. The molecule has 0 saturated carbocycles. The van der Waals surface area contributed by atoms with E-state index in [-0.39, 0.29) is 0 Å². The van der Waals surface area contributed by atoms with Crippen LogP contribution >= 0.6 is 0 Å². The topological polar surface area (TPSA) is 50.9 Å². The van der Waals surface area contributed by atoms with Crippen molar-refractivity contribution in [3.8, 4) is 0 Å². The number of rotatable bonds is 2. The largest absolute Gasteiger partial charge is 0.368 e. The SMILES string of the molecule is C/C=C/C(O)n1nnc2ccccc21. The molecule has 2 rings (SSSR count). The predicted octanol–water partition coefficient (Wildman–Crippen LogP) is 1.50. The number of benzene rings is 1. The Kier molecular flexibility index (Phi) is 2.28. The summed E-state index contributed by atoms with van der Waals surface area (Å²) in [5, 5.41) is 17.5. The smallest absolute Gasteiger partial charge is 0.168 e. The van der Waals surface area contributed by atoms with Crippen LogP contribution in [0.15, 0.2) is 36.4 Å². The maximum absolute atomic E-state index is 9.68. The molecule has 2 aromatic rings. The van der Waals surface area contributed by atoms with Crippen molar-refractivity contribution in [3.05, 3.63) is 36.4 Å². The predicted molar refractivity (Wildman–Crippen MR) is 53.6 cm³/mol. The van der Waals surface area contributed by atoms with Crippen LogP contribution in [0.1, 0.15) is 13.2 Å². The molecule has 1 aromatic heterocycles. The molecule has 1 heterocycles. The Labute approximate surface area is 81.5 Å². The summed E-state index contributed by atoms with van der Waals surface area (Å²) in [5.41, 5.74) is 1.62. The van der Waals surface area contributed by atoms with Crippen LogP contribution in [0, 0.1) is 0 Å². The number of allylic oxidation sites excluding steroid dienone is 1. The summed E-state index contributed by atoms with van der Waals surface area (Å²) in [5.74, 6) is 0. The van der Waals surface area contributed by atoms with Crippen LogP contribution in [0.4, 0.5) is 0 Å². The van der Waals surface area contributed by atoms with E-state index in [1.807, 2.05) is 31.2 Å². The highest BCUT2D eigenvalue weighted by atomic mass is 16.3. The van der Waals surface area contributed by atoms with Crippen LogP contribution in [0.5, 0.6) is 0 Å². The maximum atomic E-state index is 9.68. The maximum Gasteiger partial charge on any atom is 0.168 e. The Bertz CT molecular complexity index is 461. The number of para-hydroxylation sites is 1. The number of hydrogen-bond acceptors (Lipinski definition) is 3. The van der Waals surface area contributed by atoms with Crippen LogP contribution in [-0.2, 0) is 0 Å². The summed E-state index contributed by atoms with van der Waals surface area (Å²) in [6.45, 7) is 1.85. The van der Waals surface area contributed by atoms with Crippen molar-refractivity contribution < 1.29 is 5.11 Å². The van der Waals surface area contributed by atoms with Gasteiger partial charge in [0.15, 0.2) is 6.23 Å². The average molecular weight is 189 g/mol. The molecule has 1 unspecified atom stereocenters. The molecule has 72 valence electrons. The molecule has 1 aromatic carbocycles. The molecule has 0 fully saturated rings. The summed E-state index contributed by atoms with van der Waals surface area (Å²) in [7, 11) is 0. The minimum Gasteiger partial charge on any atom is -0.368 e. The van der Waals surface area contributed by atoms with Crippen LogP contribution in [0.3, 0.4) is 0 Å². The molecule has 1 N–H and O–H groups in total. The zero-order valence-electron chi connectivity index (χ0n) is 7.83. The van der Waals surface area contributed by atoms with Gasteiger partial charge >= 0.3 is 0 Å². The van der Waals surface area contributed by atoms with Crippen molar-refractivity contribution in [1.29, 1.82) is 0 Å². The highest BCUT2D eigenvalue weighted by Gasteiger charge is 2.08. The molecule has 0 spiro atoms. The van der Waals surface area contributed by atoms with Crippen molar-refractivity contribution in [2.45, 2.75) is 13.2 Å². The number of fused-ring (bicyclic) bond motifs is 1. The third-order valence-corrected chi connectivity index (χ3v) is 1.99. The van der Waals surface area contributed by atoms with Gasteiger partial charge in [-0.2, -0.15) is 0 Å². The van der Waals surface area contributed by atoms with Crippen LogP contribution in [0.25, 0.3) is 11.0 Å². The lowest BCUT2D eigenvalue weighted by atomic mass is 10.3. The number of aliphatic hydroxyl groups excluding tert-OH is 1. The van der Waals surface area contributed by atoms with Gasteiger partial charge in [-0.3, -0.25) is 0 Å². The molecular formula is C10H11N3O. The second kappa shape index (κ2) is 3.59. The highest BCUT2D eigenvalue weighted by molar-refractivity contribution is 5.73. The normalized spacial score (nSPS) is 13.9. The van der Waals surface area contributed by atoms with Gasteiger partial charge in [-0.15, -0.1) is 5.10 Å². The summed E-state index contributed by atoms with van der Waals surface area (Å²) in [6, 6.07) is 7.53. The zero-order chi connectivity index (χ0) is 9.97. The van der Waals surface area contributed by atoms with Crippen LogP contribution < -0.4 is 0 Å². The Morgan fingerprint density at radius 3 is 3.00 bits per heavy atom. The van der Waals surface area contributed by atoms with E-state index >= 15 is 0 Å². The molecule has 0 aliphatic heterocycles. The quantitative estimate of drug-likeness (QED) is 0.728. The molecule has 14 heavy (non-hydrogen) atoms. The second-order valence-corrected chi connectivity index (χ2v) is 2.96. The van der Waals surface area contributed by atoms with Crippen LogP contribution in [-0.4, -0.2) is 20.1 Å². The molecule has 0 radical (unpaired) electrons. The van der Waals surface area contributed by atoms with Crippen molar-refractivity contribution >= 4 is 11.0 Å². The first kappa shape index (κ1) is 8.90. The van der Waals surface area contributed by atoms with Gasteiger partial charge in [0, 0.05) is 0 Å². The van der Waals surface area contributed by atoms with Gasteiger partial charge in [0.05, 0.1) is 5.52 Å². The van der Waals surface area contributed by atoms with E-state index in [0.29, 0.717) is 0 Å². The molecule has 0 amide bonds. The van der Waals surface area contributed by atoms with Gasteiger partial charge in [-0.25, -0.2) is 4.68 Å². The minimum absolute atomic E-state index is 0.743. The van der Waals surface area contributed by atoms with Gasteiger partial charge in [0.1, 0.15) is 5.52 Å². The third-order valence-electron chi connectivity index (χ3n) is 1.99. The van der Waals surface area contributed by atoms with E-state index in [0.717, 1.165) is 11.0 Å². The summed E-state index contributed by atoms with van der Waals surface area (Å²) >= 11 is 0. The minimum atomic E-state index is -0.743. The fourth-order valence-corrected chi connectivity index (χ4v) is 1.34. The third kappa shape index (κ3) is 1.40. The van der Waals surface area contributed by atoms with E-state index < -0.39 is 6.23 Å². The first-order chi connectivity index (χ1) is 6.83. The molecule has 0 aliphatic carbocycles. The van der Waals surface area contributed by atoms with E-state index in [1.54, 1.807) is 12.2 Å². The summed E-state index contributed by atoms with van der Waals surface area (Å²) in [4.78, 5) is 0. The molecule has 0 aliphatic rings. The van der Waals surface area contributed by atoms with Crippen molar-refractivity contribution in [3.63, 3.8) is 0 Å². The Morgan fingerprint density at radius 1 is 1.43 bits per heavy atom. The van der Waals surface area contributed by atoms with E-state index in [4.69, 9.17) is 0 Å². The van der Waals surface area contributed by atoms with Gasteiger partial charge in [0.2, 0.25) is 0 Å². The fraction of sp³-hybridized carbons (Fsp3) is 0.200. The standard InChI is InChI=1S/C10H11N3O/c1-2-5-10(14)13-9-7-4-3-6-8(9)11-12-13/h2-7,10,14H,1H3/b5-2+. The van der Waals surface area contributed by atoms with Gasteiger partial charge in [-0.05, 0) is 25.1 Å². The molecular weight excluding hydrogens is 178 g/mol. The molecule has 0 bridgehead atoms. The lowest BCUT2D eigenvalue weighted by molar-refractivity contribution is 0.142. The first-order valence-corrected chi connectivity index (χ1v) is 4.43. The summed E-state index contributed by atoms with van der Waals surface area (Å²) < 4.78 is 1.48.